The number of fused-ring (bicyclic) bond motifs is 1. The highest BCUT2D eigenvalue weighted by Gasteiger charge is 2.72. The van der Waals surface area contributed by atoms with Gasteiger partial charge in [0.05, 0.1) is 21.7 Å². The summed E-state index contributed by atoms with van der Waals surface area (Å²) < 4.78 is 29.3. The largest absolute Gasteiger partial charge is 0.459 e. The Morgan fingerprint density at radius 2 is 1.96 bits per heavy atom. The quantitative estimate of drug-likeness (QED) is 0.303. The van der Waals surface area contributed by atoms with Crippen LogP contribution >= 0.6 is 0 Å². The topological polar surface area (TPSA) is 148 Å². The normalized spacial score (nSPS) is 26.7. The molecule has 28 heavy (non-hydrogen) atoms. The molecule has 2 heterocycles. The van der Waals surface area contributed by atoms with Gasteiger partial charge in [0.15, 0.2) is 9.84 Å². The van der Waals surface area contributed by atoms with E-state index in [1.807, 2.05) is 0 Å². The van der Waals surface area contributed by atoms with Gasteiger partial charge in [-0.1, -0.05) is 0 Å². The molecule has 10 nitrogen and oxygen atoms in total. The molecule has 0 unspecified atom stereocenters. The summed E-state index contributed by atoms with van der Waals surface area (Å²) >= 11 is 0. The zero-order chi connectivity index (χ0) is 20.9. The second-order valence-electron chi connectivity index (χ2n) is 7.19. The number of benzene rings is 1. The van der Waals surface area contributed by atoms with Crippen molar-refractivity contribution >= 4 is 27.4 Å². The van der Waals surface area contributed by atoms with Crippen molar-refractivity contribution in [3.8, 4) is 6.07 Å². The van der Waals surface area contributed by atoms with Crippen LogP contribution in [-0.4, -0.2) is 46.3 Å². The van der Waals surface area contributed by atoms with E-state index in [-0.39, 0.29) is 18.7 Å². The Morgan fingerprint density at radius 3 is 2.50 bits per heavy atom. The number of β-lactam (4-membered cyclic amide) rings is 1. The van der Waals surface area contributed by atoms with Crippen molar-refractivity contribution in [1.29, 1.82) is 5.26 Å². The number of rotatable bonds is 5. The lowest BCUT2D eigenvalue weighted by atomic mass is 9.90. The second-order valence-corrected chi connectivity index (χ2v) is 9.81. The number of nitriles is 1. The van der Waals surface area contributed by atoms with E-state index in [4.69, 9.17) is 10.00 Å². The lowest BCUT2D eigenvalue weighted by Gasteiger charge is -2.42. The van der Waals surface area contributed by atoms with E-state index in [9.17, 15) is 28.1 Å². The fraction of sp³-hybridized carbons (Fsp3) is 0.471. The maximum atomic E-state index is 12.8. The van der Waals surface area contributed by atoms with Crippen LogP contribution in [0, 0.1) is 27.4 Å². The zero-order valence-corrected chi connectivity index (χ0v) is 15.9. The number of hydrogen-bond acceptors (Lipinski definition) is 8. The van der Waals surface area contributed by atoms with E-state index >= 15 is 0 Å². The van der Waals surface area contributed by atoms with Crippen LogP contribution in [0.3, 0.4) is 0 Å². The lowest BCUT2D eigenvalue weighted by molar-refractivity contribution is -0.384. The molecule has 2 aliphatic rings. The highest BCUT2D eigenvalue weighted by molar-refractivity contribution is 7.93. The van der Waals surface area contributed by atoms with Gasteiger partial charge in [0.1, 0.15) is 18.0 Å². The fourth-order valence-electron chi connectivity index (χ4n) is 3.62. The molecule has 0 radical (unpaired) electrons. The van der Waals surface area contributed by atoms with Gasteiger partial charge in [0.2, 0.25) is 5.91 Å². The Morgan fingerprint density at radius 1 is 1.36 bits per heavy atom. The summed E-state index contributed by atoms with van der Waals surface area (Å²) in [4.78, 5) is 36.1. The molecule has 2 fully saturated rings. The summed E-state index contributed by atoms with van der Waals surface area (Å²) in [5.74, 6) is -2.40. The Bertz CT molecular complexity index is 995. The molecule has 2 aliphatic heterocycles. The van der Waals surface area contributed by atoms with Gasteiger partial charge in [0.25, 0.3) is 5.69 Å². The smallest absolute Gasteiger partial charge is 0.330 e. The van der Waals surface area contributed by atoms with Gasteiger partial charge in [-0.3, -0.25) is 14.9 Å². The van der Waals surface area contributed by atoms with Crippen molar-refractivity contribution in [2.45, 2.75) is 43.0 Å². The van der Waals surface area contributed by atoms with Gasteiger partial charge in [-0.25, -0.2) is 13.2 Å². The van der Waals surface area contributed by atoms with Gasteiger partial charge < -0.3 is 9.64 Å². The Kier molecular flexibility index (Phi) is 4.63. The van der Waals surface area contributed by atoms with Crippen LogP contribution in [0.1, 0.15) is 25.8 Å². The third-order valence-corrected chi connectivity index (χ3v) is 8.12. The van der Waals surface area contributed by atoms with Crippen LogP contribution in [0.5, 0.6) is 0 Å². The van der Waals surface area contributed by atoms with Crippen LogP contribution in [0.4, 0.5) is 5.69 Å². The van der Waals surface area contributed by atoms with Crippen molar-refractivity contribution in [3.63, 3.8) is 0 Å². The summed E-state index contributed by atoms with van der Waals surface area (Å²) in [7, 11) is -3.88. The number of carbonyl (C=O) groups excluding carboxylic acids is 2. The number of ether oxygens (including phenoxy) is 1. The molecule has 1 aromatic carbocycles. The van der Waals surface area contributed by atoms with Crippen molar-refractivity contribution < 1.29 is 27.7 Å². The molecule has 0 spiro atoms. The molecular formula is C17H17N3O7S. The summed E-state index contributed by atoms with van der Waals surface area (Å²) in [6.07, 6.45) is -0.236. The minimum absolute atomic E-state index is 0.115. The van der Waals surface area contributed by atoms with E-state index < -0.39 is 48.7 Å². The number of non-ortho nitro benzene ring substituents is 1. The standard InChI is InChI=1S/C17H17N3O7S/c1-17(2)13(19-14(21)12(7-8-18)15(19)28(17,25)26)16(22)27-9-10-3-5-11(6-4-10)20(23)24/h3-6,12-13,15H,7,9H2,1-2H3/t12-,13+,15-/m1/s1. The number of esters is 1. The van der Waals surface area contributed by atoms with Gasteiger partial charge >= 0.3 is 5.97 Å². The van der Waals surface area contributed by atoms with E-state index in [2.05, 4.69) is 0 Å². The minimum atomic E-state index is -3.88. The third-order valence-electron chi connectivity index (χ3n) is 5.24. The molecule has 0 aliphatic carbocycles. The summed E-state index contributed by atoms with van der Waals surface area (Å²) in [6, 6.07) is 5.84. The van der Waals surface area contributed by atoms with Crippen molar-refractivity contribution in [2.75, 3.05) is 0 Å². The molecule has 0 bridgehead atoms. The Labute approximate surface area is 160 Å². The highest BCUT2D eigenvalue weighted by Crippen LogP contribution is 2.49. The molecule has 148 valence electrons. The van der Waals surface area contributed by atoms with Crippen LogP contribution < -0.4 is 0 Å². The third kappa shape index (κ3) is 2.72. The predicted molar refractivity (Wildman–Crippen MR) is 94.0 cm³/mol. The first-order valence-corrected chi connectivity index (χ1v) is 9.91. The van der Waals surface area contributed by atoms with E-state index in [0.29, 0.717) is 5.56 Å². The number of nitrogens with zero attached hydrogens (tertiary/aromatic N) is 3. The van der Waals surface area contributed by atoms with Crippen molar-refractivity contribution in [2.24, 2.45) is 5.92 Å². The van der Waals surface area contributed by atoms with E-state index in [0.717, 1.165) is 4.90 Å². The minimum Gasteiger partial charge on any atom is -0.459 e. The zero-order valence-electron chi connectivity index (χ0n) is 15.1. The summed E-state index contributed by atoms with van der Waals surface area (Å²) in [5.41, 5.74) is 0.363. The lowest BCUT2D eigenvalue weighted by Crippen LogP contribution is -2.63. The molecule has 3 rings (SSSR count). The first-order valence-electron chi connectivity index (χ1n) is 8.36. The number of nitro benzene ring substituents is 1. The van der Waals surface area contributed by atoms with Crippen LogP contribution in [-0.2, 0) is 30.8 Å². The fourth-order valence-corrected chi connectivity index (χ4v) is 5.94. The summed E-state index contributed by atoms with van der Waals surface area (Å²) in [6.45, 7) is 2.49. The molecule has 2 saturated heterocycles. The van der Waals surface area contributed by atoms with Gasteiger partial charge in [-0.15, -0.1) is 0 Å². The number of amides is 1. The average Bonchev–Trinajstić information content (AvgIpc) is 2.78. The van der Waals surface area contributed by atoms with E-state index in [1.54, 1.807) is 6.07 Å². The van der Waals surface area contributed by atoms with Crippen molar-refractivity contribution in [3.05, 3.63) is 39.9 Å². The molecular weight excluding hydrogens is 390 g/mol. The van der Waals surface area contributed by atoms with Gasteiger partial charge in [-0.05, 0) is 31.5 Å². The Balaban J connectivity index is 1.78. The maximum absolute atomic E-state index is 12.8. The molecule has 11 heteroatoms. The first-order chi connectivity index (χ1) is 13.0. The number of sulfone groups is 1. The molecule has 3 atom stereocenters. The number of nitro groups is 1. The van der Waals surface area contributed by atoms with Crippen LogP contribution in [0.2, 0.25) is 0 Å². The molecule has 0 saturated carbocycles. The van der Waals surface area contributed by atoms with Crippen LogP contribution in [0.15, 0.2) is 24.3 Å². The van der Waals surface area contributed by atoms with Gasteiger partial charge in [-0.2, -0.15) is 5.26 Å². The average molecular weight is 407 g/mol. The molecule has 0 N–H and O–H groups in total. The molecule has 1 amide bonds. The number of hydrogen-bond donors (Lipinski definition) is 0. The SMILES string of the molecule is CC1(C)[C@H](C(=O)OCc2ccc([N+](=O)[O-])cc2)N2C(=O)[C@@H](CC#N)[C@H]2S1(=O)=O. The van der Waals surface area contributed by atoms with Crippen molar-refractivity contribution in [1.82, 2.24) is 4.90 Å². The van der Waals surface area contributed by atoms with Crippen LogP contribution in [0.25, 0.3) is 0 Å². The molecule has 1 aromatic rings. The summed E-state index contributed by atoms with van der Waals surface area (Å²) in [5, 5.41) is 18.3. The Hall–Kier alpha value is -3.00. The predicted octanol–water partition coefficient (Wildman–Crippen LogP) is 0.912. The van der Waals surface area contributed by atoms with E-state index in [1.165, 1.54) is 38.1 Å². The van der Waals surface area contributed by atoms with Gasteiger partial charge in [0, 0.05) is 18.6 Å². The second kappa shape index (κ2) is 6.56. The highest BCUT2D eigenvalue weighted by atomic mass is 32.2. The maximum Gasteiger partial charge on any atom is 0.330 e. The number of carbonyl (C=O) groups is 2. The monoisotopic (exact) mass is 407 g/mol. The first kappa shape index (κ1) is 19.8. The molecule has 0 aromatic heterocycles.